The number of nitrogens with zero attached hydrogens (tertiary/aromatic N) is 1. The van der Waals surface area contributed by atoms with Crippen LogP contribution in [-0.4, -0.2) is 4.98 Å². The summed E-state index contributed by atoms with van der Waals surface area (Å²) in [5.74, 6) is 2.41. The van der Waals surface area contributed by atoms with Crippen LogP contribution in [0.15, 0.2) is 0 Å². The highest BCUT2D eigenvalue weighted by Crippen LogP contribution is 2.45. The molecule has 1 heterocycles. The molecule has 18 heavy (non-hydrogen) atoms. The fourth-order valence-corrected chi connectivity index (χ4v) is 4.44. The van der Waals surface area contributed by atoms with E-state index in [1.165, 1.54) is 60.5 Å². The molecule has 0 bridgehead atoms. The predicted octanol–water partition coefficient (Wildman–Crippen LogP) is 4.16. The zero-order chi connectivity index (χ0) is 12.5. The molecule has 0 aliphatic heterocycles. The third kappa shape index (κ3) is 2.48. The molecule has 0 saturated heterocycles. The molecular weight excluding hydrogens is 240 g/mol. The number of rotatable bonds is 4. The lowest BCUT2D eigenvalue weighted by Gasteiger charge is -2.26. The first-order valence-electron chi connectivity index (χ1n) is 7.51. The van der Waals surface area contributed by atoms with E-state index in [2.05, 4.69) is 6.92 Å². The van der Waals surface area contributed by atoms with Crippen LogP contribution in [0.4, 0.5) is 0 Å². The SMILES string of the molecule is CCC1CCCC(c2nc(C3CC3)c(CN)s2)C1. The standard InChI is InChI=1S/C15H24N2S/c1-2-10-4-3-5-12(8-10)15-17-14(11-6-7-11)13(9-16)18-15/h10-12H,2-9,16H2,1H3. The van der Waals surface area contributed by atoms with Gasteiger partial charge in [0, 0.05) is 23.3 Å². The zero-order valence-electron chi connectivity index (χ0n) is 11.3. The molecule has 0 radical (unpaired) electrons. The van der Waals surface area contributed by atoms with Crippen LogP contribution in [0.5, 0.6) is 0 Å². The Morgan fingerprint density at radius 1 is 1.22 bits per heavy atom. The van der Waals surface area contributed by atoms with Crippen molar-refractivity contribution in [1.82, 2.24) is 4.98 Å². The minimum Gasteiger partial charge on any atom is -0.326 e. The summed E-state index contributed by atoms with van der Waals surface area (Å²) >= 11 is 1.91. The van der Waals surface area contributed by atoms with E-state index in [0.29, 0.717) is 6.54 Å². The molecule has 2 aliphatic rings. The summed E-state index contributed by atoms with van der Waals surface area (Å²) < 4.78 is 0. The van der Waals surface area contributed by atoms with Crippen LogP contribution in [-0.2, 0) is 6.54 Å². The van der Waals surface area contributed by atoms with Crippen LogP contribution < -0.4 is 5.73 Å². The summed E-state index contributed by atoms with van der Waals surface area (Å²) in [6.45, 7) is 3.02. The summed E-state index contributed by atoms with van der Waals surface area (Å²) in [5, 5.41) is 1.40. The van der Waals surface area contributed by atoms with Gasteiger partial charge in [0.05, 0.1) is 10.7 Å². The third-order valence-electron chi connectivity index (χ3n) is 4.60. The molecule has 3 heteroatoms. The van der Waals surface area contributed by atoms with E-state index in [1.54, 1.807) is 0 Å². The number of hydrogen-bond acceptors (Lipinski definition) is 3. The maximum atomic E-state index is 5.88. The van der Waals surface area contributed by atoms with Crippen molar-refractivity contribution in [2.24, 2.45) is 11.7 Å². The molecule has 2 atom stereocenters. The Kier molecular flexibility index (Phi) is 3.71. The van der Waals surface area contributed by atoms with Crippen molar-refractivity contribution in [2.75, 3.05) is 0 Å². The smallest absolute Gasteiger partial charge is 0.0962 e. The molecule has 2 N–H and O–H groups in total. The Labute approximate surface area is 114 Å². The number of nitrogens with two attached hydrogens (primary N) is 1. The van der Waals surface area contributed by atoms with E-state index in [-0.39, 0.29) is 0 Å². The Balaban J connectivity index is 1.78. The van der Waals surface area contributed by atoms with Crippen molar-refractivity contribution < 1.29 is 0 Å². The van der Waals surface area contributed by atoms with Gasteiger partial charge in [-0.15, -0.1) is 11.3 Å². The van der Waals surface area contributed by atoms with E-state index in [1.807, 2.05) is 11.3 Å². The molecule has 2 unspecified atom stereocenters. The van der Waals surface area contributed by atoms with Gasteiger partial charge >= 0.3 is 0 Å². The van der Waals surface area contributed by atoms with E-state index in [0.717, 1.165) is 17.8 Å². The van der Waals surface area contributed by atoms with E-state index < -0.39 is 0 Å². The van der Waals surface area contributed by atoms with Gasteiger partial charge in [0.25, 0.3) is 0 Å². The largest absolute Gasteiger partial charge is 0.326 e. The summed E-state index contributed by atoms with van der Waals surface area (Å²) in [7, 11) is 0. The molecule has 100 valence electrons. The van der Waals surface area contributed by atoms with E-state index in [4.69, 9.17) is 10.7 Å². The van der Waals surface area contributed by atoms with Crippen molar-refractivity contribution in [3.8, 4) is 0 Å². The second-order valence-corrected chi connectivity index (χ2v) is 7.09. The molecule has 2 aliphatic carbocycles. The van der Waals surface area contributed by atoms with Gasteiger partial charge < -0.3 is 5.73 Å². The van der Waals surface area contributed by atoms with Crippen molar-refractivity contribution >= 4 is 11.3 Å². The second-order valence-electron chi connectivity index (χ2n) is 5.98. The second kappa shape index (κ2) is 5.30. The van der Waals surface area contributed by atoms with E-state index in [9.17, 15) is 0 Å². The highest BCUT2D eigenvalue weighted by Gasteiger charge is 2.31. The Morgan fingerprint density at radius 3 is 2.72 bits per heavy atom. The Bertz CT molecular complexity index is 409. The lowest BCUT2D eigenvalue weighted by molar-refractivity contribution is 0.314. The van der Waals surface area contributed by atoms with Crippen LogP contribution in [0, 0.1) is 5.92 Å². The zero-order valence-corrected chi connectivity index (χ0v) is 12.1. The normalized spacial score (nSPS) is 28.6. The number of aromatic nitrogens is 1. The Morgan fingerprint density at radius 2 is 2.06 bits per heavy atom. The van der Waals surface area contributed by atoms with Crippen LogP contribution in [0.3, 0.4) is 0 Å². The first-order valence-corrected chi connectivity index (χ1v) is 8.33. The van der Waals surface area contributed by atoms with Crippen molar-refractivity contribution in [3.63, 3.8) is 0 Å². The molecule has 2 saturated carbocycles. The first-order chi connectivity index (χ1) is 8.81. The average Bonchev–Trinajstić information content (AvgIpc) is 3.18. The van der Waals surface area contributed by atoms with Gasteiger partial charge in [0.2, 0.25) is 0 Å². The topological polar surface area (TPSA) is 38.9 Å². The monoisotopic (exact) mass is 264 g/mol. The molecule has 1 aromatic heterocycles. The fraction of sp³-hybridized carbons (Fsp3) is 0.800. The summed E-state index contributed by atoms with van der Waals surface area (Å²) in [5.41, 5.74) is 7.24. The molecule has 0 amide bonds. The van der Waals surface area contributed by atoms with Gasteiger partial charge in [0.1, 0.15) is 0 Å². The molecule has 2 fully saturated rings. The quantitative estimate of drug-likeness (QED) is 0.886. The van der Waals surface area contributed by atoms with Crippen LogP contribution in [0.25, 0.3) is 0 Å². The summed E-state index contributed by atoms with van der Waals surface area (Å²) in [6, 6.07) is 0. The Hall–Kier alpha value is -0.410. The predicted molar refractivity (Wildman–Crippen MR) is 77.0 cm³/mol. The third-order valence-corrected chi connectivity index (χ3v) is 5.86. The highest BCUT2D eigenvalue weighted by molar-refractivity contribution is 7.11. The number of hydrogen-bond donors (Lipinski definition) is 1. The van der Waals surface area contributed by atoms with Crippen molar-refractivity contribution in [3.05, 3.63) is 15.6 Å². The van der Waals surface area contributed by atoms with Crippen LogP contribution in [0.1, 0.15) is 79.3 Å². The van der Waals surface area contributed by atoms with Gasteiger partial charge in [-0.3, -0.25) is 0 Å². The summed E-state index contributed by atoms with van der Waals surface area (Å²) in [6.07, 6.45) is 9.52. The molecular formula is C15H24N2S. The summed E-state index contributed by atoms with van der Waals surface area (Å²) in [4.78, 5) is 6.34. The lowest BCUT2D eigenvalue weighted by Crippen LogP contribution is -2.13. The molecule has 0 aromatic carbocycles. The minimum atomic E-state index is 0.688. The van der Waals surface area contributed by atoms with Gasteiger partial charge in [-0.05, 0) is 31.6 Å². The minimum absolute atomic E-state index is 0.688. The van der Waals surface area contributed by atoms with Gasteiger partial charge in [-0.1, -0.05) is 26.2 Å². The van der Waals surface area contributed by atoms with Gasteiger partial charge in [-0.25, -0.2) is 4.98 Å². The van der Waals surface area contributed by atoms with Crippen molar-refractivity contribution in [2.45, 2.75) is 70.3 Å². The molecule has 1 aromatic rings. The highest BCUT2D eigenvalue weighted by atomic mass is 32.1. The average molecular weight is 264 g/mol. The number of thiazole rings is 1. The molecule has 2 nitrogen and oxygen atoms in total. The maximum Gasteiger partial charge on any atom is 0.0962 e. The fourth-order valence-electron chi connectivity index (χ4n) is 3.27. The van der Waals surface area contributed by atoms with Crippen molar-refractivity contribution in [1.29, 1.82) is 0 Å². The lowest BCUT2D eigenvalue weighted by atomic mass is 9.80. The molecule has 3 rings (SSSR count). The molecule has 0 spiro atoms. The van der Waals surface area contributed by atoms with Crippen LogP contribution in [0.2, 0.25) is 0 Å². The van der Waals surface area contributed by atoms with Gasteiger partial charge in [-0.2, -0.15) is 0 Å². The van der Waals surface area contributed by atoms with E-state index >= 15 is 0 Å². The first kappa shape index (κ1) is 12.6. The van der Waals surface area contributed by atoms with Crippen LogP contribution >= 0.6 is 11.3 Å². The van der Waals surface area contributed by atoms with Gasteiger partial charge in [0.15, 0.2) is 0 Å². The maximum absolute atomic E-state index is 5.88.